The van der Waals surface area contributed by atoms with Gasteiger partial charge in [-0.05, 0) is 38.8 Å². The van der Waals surface area contributed by atoms with E-state index in [1.807, 2.05) is 12.1 Å². The smallest absolute Gasteiger partial charge is 0.194 e. The third-order valence-corrected chi connectivity index (χ3v) is 3.38. The first-order valence-electron chi connectivity index (χ1n) is 7.41. The van der Waals surface area contributed by atoms with E-state index in [9.17, 15) is 5.11 Å². The Morgan fingerprint density at radius 1 is 1.48 bits per heavy atom. The lowest BCUT2D eigenvalue weighted by atomic mass is 10.1. The fourth-order valence-electron chi connectivity index (χ4n) is 2.30. The van der Waals surface area contributed by atoms with E-state index >= 15 is 0 Å². The molecule has 21 heavy (non-hydrogen) atoms. The molecule has 1 saturated heterocycles. The van der Waals surface area contributed by atoms with Crippen LogP contribution < -0.4 is 5.32 Å². The van der Waals surface area contributed by atoms with Gasteiger partial charge in [0.05, 0.1) is 12.4 Å². The first-order chi connectivity index (χ1) is 9.65. The van der Waals surface area contributed by atoms with Crippen LogP contribution in [-0.2, 0) is 6.42 Å². The number of furan rings is 1. The van der Waals surface area contributed by atoms with Crippen LogP contribution in [0.25, 0.3) is 0 Å². The van der Waals surface area contributed by atoms with E-state index in [1.54, 1.807) is 6.26 Å². The van der Waals surface area contributed by atoms with Gasteiger partial charge in [-0.3, -0.25) is 4.99 Å². The lowest BCUT2D eigenvalue weighted by Gasteiger charge is -2.33. The molecule has 6 heteroatoms. The van der Waals surface area contributed by atoms with Crippen molar-refractivity contribution in [1.29, 1.82) is 0 Å². The van der Waals surface area contributed by atoms with Crippen LogP contribution in [0.5, 0.6) is 0 Å². The van der Waals surface area contributed by atoms with Crippen LogP contribution in [0, 0.1) is 0 Å². The van der Waals surface area contributed by atoms with Crippen molar-refractivity contribution in [3.8, 4) is 0 Å². The number of halogens is 1. The zero-order valence-electron chi connectivity index (χ0n) is 12.8. The molecular formula is C15H26IN3O2. The van der Waals surface area contributed by atoms with Crippen LogP contribution in [0.15, 0.2) is 27.8 Å². The molecule has 1 aromatic heterocycles. The van der Waals surface area contributed by atoms with Gasteiger partial charge in [0.2, 0.25) is 0 Å². The van der Waals surface area contributed by atoms with Crippen molar-refractivity contribution >= 4 is 29.9 Å². The molecule has 1 aliphatic heterocycles. The highest BCUT2D eigenvalue weighted by Gasteiger charge is 2.20. The summed E-state index contributed by atoms with van der Waals surface area (Å²) < 4.78 is 5.32. The van der Waals surface area contributed by atoms with Crippen LogP contribution in [0.2, 0.25) is 0 Å². The summed E-state index contributed by atoms with van der Waals surface area (Å²) >= 11 is 0. The van der Waals surface area contributed by atoms with Crippen LogP contribution in [0.4, 0.5) is 0 Å². The minimum atomic E-state index is -0.158. The zero-order chi connectivity index (χ0) is 14.4. The van der Waals surface area contributed by atoms with E-state index < -0.39 is 0 Å². The van der Waals surface area contributed by atoms with Crippen molar-refractivity contribution in [3.63, 3.8) is 0 Å². The second kappa shape index (κ2) is 9.30. The molecule has 0 radical (unpaired) electrons. The van der Waals surface area contributed by atoms with Crippen molar-refractivity contribution in [2.45, 2.75) is 45.3 Å². The van der Waals surface area contributed by atoms with Crippen molar-refractivity contribution in [3.05, 3.63) is 24.2 Å². The number of aliphatic imine (C=N–C) groups is 1. The molecule has 0 bridgehead atoms. The number of likely N-dealkylation sites (tertiary alicyclic amines) is 1. The quantitative estimate of drug-likeness (QED) is 0.457. The Labute approximate surface area is 143 Å². The predicted octanol–water partition coefficient (Wildman–Crippen LogP) is 2.25. The number of hydrogen-bond acceptors (Lipinski definition) is 3. The molecule has 0 spiro atoms. The number of nitrogens with one attached hydrogen (secondary N) is 1. The number of guanidine groups is 1. The van der Waals surface area contributed by atoms with Gasteiger partial charge in [0.25, 0.3) is 0 Å². The van der Waals surface area contributed by atoms with Crippen molar-refractivity contribution < 1.29 is 9.52 Å². The summed E-state index contributed by atoms with van der Waals surface area (Å²) in [6.45, 7) is 6.66. The van der Waals surface area contributed by atoms with Gasteiger partial charge >= 0.3 is 0 Å². The Morgan fingerprint density at radius 3 is 2.76 bits per heavy atom. The number of piperidine rings is 1. The highest BCUT2D eigenvalue weighted by atomic mass is 127. The lowest BCUT2D eigenvalue weighted by molar-refractivity contribution is 0.107. The van der Waals surface area contributed by atoms with Gasteiger partial charge in [-0.25, -0.2) is 0 Å². The molecule has 0 amide bonds. The molecule has 0 atom stereocenters. The molecule has 120 valence electrons. The standard InChI is InChI=1S/C15H25N3O2.HI/c1-12(2)17-15(18-9-6-13(19)7-10-18)16-8-5-14-4-3-11-20-14;/h3-4,11-13,19H,5-10H2,1-2H3,(H,16,17);1H. The third kappa shape index (κ3) is 6.25. The predicted molar refractivity (Wildman–Crippen MR) is 95.2 cm³/mol. The molecule has 2 heterocycles. The van der Waals surface area contributed by atoms with Gasteiger partial charge in [-0.1, -0.05) is 0 Å². The van der Waals surface area contributed by atoms with E-state index in [-0.39, 0.29) is 30.1 Å². The number of aliphatic hydroxyl groups excluding tert-OH is 1. The first-order valence-corrected chi connectivity index (χ1v) is 7.41. The van der Waals surface area contributed by atoms with Gasteiger partial charge in [0.15, 0.2) is 5.96 Å². The average Bonchev–Trinajstić information content (AvgIpc) is 2.91. The molecule has 1 aliphatic rings. The van der Waals surface area contributed by atoms with Gasteiger partial charge in [-0.15, -0.1) is 24.0 Å². The van der Waals surface area contributed by atoms with Crippen LogP contribution in [0.1, 0.15) is 32.4 Å². The second-order valence-corrected chi connectivity index (χ2v) is 5.55. The highest BCUT2D eigenvalue weighted by Crippen LogP contribution is 2.10. The number of hydrogen-bond donors (Lipinski definition) is 2. The van der Waals surface area contributed by atoms with Gasteiger partial charge in [-0.2, -0.15) is 0 Å². The van der Waals surface area contributed by atoms with Gasteiger partial charge in [0, 0.05) is 32.1 Å². The number of aliphatic hydroxyl groups is 1. The van der Waals surface area contributed by atoms with Crippen LogP contribution in [-0.4, -0.2) is 47.7 Å². The molecule has 2 N–H and O–H groups in total. The van der Waals surface area contributed by atoms with Gasteiger partial charge in [0.1, 0.15) is 5.76 Å². The van der Waals surface area contributed by atoms with E-state index in [0.717, 1.165) is 44.1 Å². The SMILES string of the molecule is CC(C)NC(=NCCc1ccco1)N1CCC(O)CC1.I. The third-order valence-electron chi connectivity index (χ3n) is 3.38. The Morgan fingerprint density at radius 2 is 2.19 bits per heavy atom. The molecular weight excluding hydrogens is 381 g/mol. The summed E-state index contributed by atoms with van der Waals surface area (Å²) in [5.74, 6) is 1.91. The maximum Gasteiger partial charge on any atom is 0.194 e. The first kappa shape index (κ1) is 18.3. The Kier molecular flexibility index (Phi) is 8.10. The topological polar surface area (TPSA) is 61.0 Å². The molecule has 1 fully saturated rings. The average molecular weight is 407 g/mol. The molecule has 0 aliphatic carbocycles. The number of nitrogens with zero attached hydrogens (tertiary/aromatic N) is 2. The summed E-state index contributed by atoms with van der Waals surface area (Å²) in [6.07, 6.45) is 3.98. The summed E-state index contributed by atoms with van der Waals surface area (Å²) in [4.78, 5) is 6.91. The Bertz CT molecular complexity index is 413. The van der Waals surface area contributed by atoms with E-state index in [2.05, 4.69) is 29.1 Å². The Balaban J connectivity index is 0.00000220. The molecule has 0 aromatic carbocycles. The number of rotatable bonds is 4. The molecule has 0 unspecified atom stereocenters. The summed E-state index contributed by atoms with van der Waals surface area (Å²) in [5.41, 5.74) is 0. The second-order valence-electron chi connectivity index (χ2n) is 5.55. The molecule has 5 nitrogen and oxygen atoms in total. The molecule has 2 rings (SSSR count). The molecule has 1 aromatic rings. The van der Waals surface area contributed by atoms with Crippen molar-refractivity contribution in [2.24, 2.45) is 4.99 Å². The maximum absolute atomic E-state index is 9.59. The van der Waals surface area contributed by atoms with Crippen molar-refractivity contribution in [1.82, 2.24) is 10.2 Å². The summed E-state index contributed by atoms with van der Waals surface area (Å²) in [5, 5.41) is 13.0. The Hall–Kier alpha value is -0.760. The van der Waals surface area contributed by atoms with E-state index in [0.29, 0.717) is 12.6 Å². The van der Waals surface area contributed by atoms with Crippen LogP contribution >= 0.6 is 24.0 Å². The van der Waals surface area contributed by atoms with Crippen LogP contribution in [0.3, 0.4) is 0 Å². The highest BCUT2D eigenvalue weighted by molar-refractivity contribution is 14.0. The monoisotopic (exact) mass is 407 g/mol. The zero-order valence-corrected chi connectivity index (χ0v) is 15.1. The minimum absolute atomic E-state index is 0. The van der Waals surface area contributed by atoms with Gasteiger partial charge < -0.3 is 19.7 Å². The summed E-state index contributed by atoms with van der Waals surface area (Å²) in [7, 11) is 0. The van der Waals surface area contributed by atoms with E-state index in [1.165, 1.54) is 0 Å². The maximum atomic E-state index is 9.59. The minimum Gasteiger partial charge on any atom is -0.469 e. The largest absolute Gasteiger partial charge is 0.469 e. The molecule has 0 saturated carbocycles. The van der Waals surface area contributed by atoms with E-state index in [4.69, 9.17) is 4.42 Å². The van der Waals surface area contributed by atoms with Crippen molar-refractivity contribution in [2.75, 3.05) is 19.6 Å². The fourth-order valence-corrected chi connectivity index (χ4v) is 2.30. The normalized spacial score (nSPS) is 17.0. The lowest BCUT2D eigenvalue weighted by Crippen LogP contribution is -2.48. The summed E-state index contributed by atoms with van der Waals surface area (Å²) in [6, 6.07) is 4.23. The fraction of sp³-hybridized carbons (Fsp3) is 0.667.